The fourth-order valence-electron chi connectivity index (χ4n) is 4.32. The smallest absolute Gasteiger partial charge is 0.119 e. The van der Waals surface area contributed by atoms with E-state index in [2.05, 4.69) is 33.0 Å². The fourth-order valence-corrected chi connectivity index (χ4v) is 5.04. The van der Waals surface area contributed by atoms with Gasteiger partial charge in [0.05, 0.1) is 6.67 Å². The average molecular weight is 460 g/mol. The van der Waals surface area contributed by atoms with Crippen LogP contribution in [0.1, 0.15) is 42.4 Å². The van der Waals surface area contributed by atoms with Crippen molar-refractivity contribution < 1.29 is 14.2 Å². The fraction of sp³-hybridized carbons (Fsp3) is 0.417. The summed E-state index contributed by atoms with van der Waals surface area (Å²) < 4.78 is 19.7. The molecule has 154 valence electrons. The van der Waals surface area contributed by atoms with Gasteiger partial charge in [0.1, 0.15) is 17.6 Å². The van der Waals surface area contributed by atoms with Crippen LogP contribution in [0.25, 0.3) is 5.57 Å². The van der Waals surface area contributed by atoms with Gasteiger partial charge in [0.25, 0.3) is 0 Å². The second kappa shape index (κ2) is 9.31. The number of phenolic OH excluding ortho intramolecular Hbond substituents is 1. The van der Waals surface area contributed by atoms with E-state index in [1.165, 1.54) is 21.2 Å². The van der Waals surface area contributed by atoms with Gasteiger partial charge in [0.2, 0.25) is 0 Å². The number of aryl methyl sites for hydroxylation is 1. The van der Waals surface area contributed by atoms with Gasteiger partial charge in [0.15, 0.2) is 0 Å². The minimum atomic E-state index is -0.252. The number of ether oxygens (including phenoxy) is 1. The molecule has 1 N–H and O–H groups in total. The summed E-state index contributed by atoms with van der Waals surface area (Å²) in [5.74, 6) is 1.20. The highest BCUT2D eigenvalue weighted by molar-refractivity contribution is 9.11. The first kappa shape index (κ1) is 20.4. The normalized spacial score (nSPS) is 19.9. The molecule has 2 aliphatic rings. The molecule has 5 heteroatoms. The van der Waals surface area contributed by atoms with Gasteiger partial charge in [0, 0.05) is 24.1 Å². The lowest BCUT2D eigenvalue weighted by molar-refractivity contribution is 0.198. The lowest BCUT2D eigenvalue weighted by atomic mass is 9.93. The zero-order valence-corrected chi connectivity index (χ0v) is 18.1. The number of hydrogen-bond acceptors (Lipinski definition) is 3. The Labute approximate surface area is 180 Å². The monoisotopic (exact) mass is 459 g/mol. The molecular formula is C24H27BrFNO2. The number of rotatable bonds is 6. The summed E-state index contributed by atoms with van der Waals surface area (Å²) in [7, 11) is 0. The maximum atomic E-state index is 12.4. The number of benzene rings is 2. The first-order chi connectivity index (χ1) is 14.1. The summed E-state index contributed by atoms with van der Waals surface area (Å²) in [6.07, 6.45) is 4.77. The first-order valence-corrected chi connectivity index (χ1v) is 11.2. The standard InChI is InChI=1S/C24H27BrFNO2/c25-23-4-1-3-18-15-19(28)7-10-22(18)24(23)17-5-8-20(9-6-17)29-21-11-14-27(16-21)13-2-12-26/h5-10,15,21,28H,1-4,11-14,16H2/t21-/m0/s1. The molecule has 2 aromatic carbocycles. The molecule has 2 aromatic rings. The van der Waals surface area contributed by atoms with Crippen LogP contribution in [0, 0.1) is 0 Å². The Kier molecular flexibility index (Phi) is 6.56. The van der Waals surface area contributed by atoms with Crippen molar-refractivity contribution in [3.8, 4) is 11.5 Å². The summed E-state index contributed by atoms with van der Waals surface area (Å²) in [5.41, 5.74) is 4.71. The van der Waals surface area contributed by atoms with Crippen molar-refractivity contribution in [3.63, 3.8) is 0 Å². The van der Waals surface area contributed by atoms with Crippen LogP contribution in [-0.2, 0) is 6.42 Å². The minimum absolute atomic E-state index is 0.174. The summed E-state index contributed by atoms with van der Waals surface area (Å²) in [4.78, 5) is 2.28. The Hall–Kier alpha value is -1.85. The minimum Gasteiger partial charge on any atom is -0.508 e. The quantitative estimate of drug-likeness (QED) is 0.601. The summed E-state index contributed by atoms with van der Waals surface area (Å²) in [5, 5.41) is 9.88. The van der Waals surface area contributed by atoms with Gasteiger partial charge in [-0.2, -0.15) is 0 Å². The van der Waals surface area contributed by atoms with Crippen molar-refractivity contribution in [1.29, 1.82) is 0 Å². The van der Waals surface area contributed by atoms with Crippen LogP contribution < -0.4 is 4.74 Å². The molecule has 0 aromatic heterocycles. The molecule has 0 spiro atoms. The molecule has 0 saturated carbocycles. The highest BCUT2D eigenvalue weighted by atomic mass is 79.9. The summed E-state index contributed by atoms with van der Waals surface area (Å²) in [6.45, 7) is 2.41. The third-order valence-electron chi connectivity index (χ3n) is 5.75. The molecule has 0 radical (unpaired) electrons. The van der Waals surface area contributed by atoms with Crippen LogP contribution in [-0.4, -0.2) is 42.4 Å². The number of hydrogen-bond donors (Lipinski definition) is 1. The molecule has 4 rings (SSSR count). The van der Waals surface area contributed by atoms with Gasteiger partial charge < -0.3 is 9.84 Å². The van der Waals surface area contributed by atoms with E-state index in [0.717, 1.165) is 56.6 Å². The van der Waals surface area contributed by atoms with Crippen LogP contribution in [0.4, 0.5) is 4.39 Å². The molecule has 3 nitrogen and oxygen atoms in total. The molecule has 0 bridgehead atoms. The molecule has 1 atom stereocenters. The molecular weight excluding hydrogens is 433 g/mol. The van der Waals surface area contributed by atoms with Gasteiger partial charge in [-0.25, -0.2) is 0 Å². The predicted molar refractivity (Wildman–Crippen MR) is 119 cm³/mol. The Morgan fingerprint density at radius 1 is 1.14 bits per heavy atom. The van der Waals surface area contributed by atoms with Crippen LogP contribution in [0.15, 0.2) is 46.9 Å². The second-order valence-corrected chi connectivity index (χ2v) is 8.83. The molecule has 1 saturated heterocycles. The van der Waals surface area contributed by atoms with E-state index in [1.807, 2.05) is 24.3 Å². The summed E-state index contributed by atoms with van der Waals surface area (Å²) >= 11 is 3.80. The SMILES string of the molecule is Oc1ccc2c(c1)CCCC(Br)=C2c1ccc(O[C@H]2CCN(CCCF)C2)cc1. The Balaban J connectivity index is 1.50. The number of aromatic hydroxyl groups is 1. The highest BCUT2D eigenvalue weighted by Gasteiger charge is 2.24. The molecule has 1 aliphatic carbocycles. The molecule has 1 fully saturated rings. The van der Waals surface area contributed by atoms with Crippen LogP contribution >= 0.6 is 15.9 Å². The number of fused-ring (bicyclic) bond motifs is 1. The van der Waals surface area contributed by atoms with E-state index in [-0.39, 0.29) is 12.8 Å². The largest absolute Gasteiger partial charge is 0.508 e. The van der Waals surface area contributed by atoms with Crippen molar-refractivity contribution in [1.82, 2.24) is 4.90 Å². The van der Waals surface area contributed by atoms with E-state index < -0.39 is 0 Å². The van der Waals surface area contributed by atoms with Crippen LogP contribution in [0.2, 0.25) is 0 Å². The molecule has 29 heavy (non-hydrogen) atoms. The van der Waals surface area contributed by atoms with Crippen LogP contribution in [0.5, 0.6) is 11.5 Å². The Morgan fingerprint density at radius 2 is 1.97 bits per heavy atom. The van der Waals surface area contributed by atoms with E-state index in [1.54, 1.807) is 6.07 Å². The number of alkyl halides is 1. The van der Waals surface area contributed by atoms with Gasteiger partial charge in [-0.05, 0) is 78.6 Å². The van der Waals surface area contributed by atoms with Gasteiger partial charge in [-0.1, -0.05) is 34.1 Å². The van der Waals surface area contributed by atoms with Crippen molar-refractivity contribution in [2.45, 2.75) is 38.2 Å². The zero-order valence-electron chi connectivity index (χ0n) is 16.5. The number of phenols is 1. The average Bonchev–Trinajstić information content (AvgIpc) is 3.09. The molecule has 1 aliphatic heterocycles. The number of halogens is 2. The van der Waals surface area contributed by atoms with Crippen LogP contribution in [0.3, 0.4) is 0 Å². The van der Waals surface area contributed by atoms with E-state index in [0.29, 0.717) is 12.2 Å². The maximum Gasteiger partial charge on any atom is 0.119 e. The maximum absolute atomic E-state index is 12.4. The lowest BCUT2D eigenvalue weighted by Crippen LogP contribution is -2.26. The third-order valence-corrected chi connectivity index (χ3v) is 6.55. The predicted octanol–water partition coefficient (Wildman–Crippen LogP) is 5.70. The third kappa shape index (κ3) is 4.84. The highest BCUT2D eigenvalue weighted by Crippen LogP contribution is 2.39. The van der Waals surface area contributed by atoms with E-state index >= 15 is 0 Å². The summed E-state index contributed by atoms with van der Waals surface area (Å²) in [6, 6.07) is 14.0. The Bertz CT molecular complexity index is 881. The van der Waals surface area contributed by atoms with Crippen molar-refractivity contribution in [3.05, 3.63) is 63.6 Å². The lowest BCUT2D eigenvalue weighted by Gasteiger charge is -2.17. The van der Waals surface area contributed by atoms with Crippen molar-refractivity contribution in [2.24, 2.45) is 0 Å². The topological polar surface area (TPSA) is 32.7 Å². The van der Waals surface area contributed by atoms with E-state index in [9.17, 15) is 9.50 Å². The molecule has 0 amide bonds. The molecule has 1 heterocycles. The van der Waals surface area contributed by atoms with E-state index in [4.69, 9.17) is 4.74 Å². The molecule has 0 unspecified atom stereocenters. The van der Waals surface area contributed by atoms with Crippen molar-refractivity contribution >= 4 is 21.5 Å². The van der Waals surface area contributed by atoms with Gasteiger partial charge in [-0.15, -0.1) is 0 Å². The van der Waals surface area contributed by atoms with Gasteiger partial charge >= 0.3 is 0 Å². The second-order valence-electron chi connectivity index (χ2n) is 7.87. The number of allylic oxidation sites excluding steroid dienone is 1. The Morgan fingerprint density at radius 3 is 2.76 bits per heavy atom. The first-order valence-electron chi connectivity index (χ1n) is 10.4. The number of nitrogens with zero attached hydrogens (tertiary/aromatic N) is 1. The number of likely N-dealkylation sites (tertiary alicyclic amines) is 1. The van der Waals surface area contributed by atoms with Gasteiger partial charge in [-0.3, -0.25) is 9.29 Å². The zero-order chi connectivity index (χ0) is 20.2. The van der Waals surface area contributed by atoms with Crippen molar-refractivity contribution in [2.75, 3.05) is 26.3 Å².